The predicted molar refractivity (Wildman–Crippen MR) is 75.5 cm³/mol. The second-order valence-corrected chi connectivity index (χ2v) is 5.21. The van der Waals surface area contributed by atoms with Crippen molar-refractivity contribution in [2.75, 3.05) is 26.9 Å². The molecule has 3 nitrogen and oxygen atoms in total. The van der Waals surface area contributed by atoms with E-state index in [0.29, 0.717) is 26.2 Å². The quantitative estimate of drug-likeness (QED) is 0.731. The molecule has 1 aliphatic carbocycles. The lowest BCUT2D eigenvalue weighted by atomic mass is 10.0. The summed E-state index contributed by atoms with van der Waals surface area (Å²) in [6, 6.07) is 6.63. The Morgan fingerprint density at radius 1 is 1.16 bits per heavy atom. The van der Waals surface area contributed by atoms with Crippen LogP contribution in [0.4, 0.5) is 0 Å². The fourth-order valence-corrected chi connectivity index (χ4v) is 2.59. The number of ether oxygens (including phenoxy) is 2. The molecule has 0 heterocycles. The first-order valence-electron chi connectivity index (χ1n) is 7.15. The Balaban J connectivity index is 1.71. The van der Waals surface area contributed by atoms with Gasteiger partial charge in [-0.15, -0.1) is 0 Å². The lowest BCUT2D eigenvalue weighted by Crippen LogP contribution is -2.15. The summed E-state index contributed by atoms with van der Waals surface area (Å²) in [6.45, 7) is 1.80. The molecule has 0 aromatic heterocycles. The normalized spacial score (nSPS) is 15.5. The molecule has 19 heavy (non-hydrogen) atoms. The highest BCUT2D eigenvalue weighted by Gasteiger charge is 2.12. The van der Waals surface area contributed by atoms with E-state index in [4.69, 9.17) is 9.47 Å². The van der Waals surface area contributed by atoms with Crippen LogP contribution in [0, 0.1) is 0 Å². The number of hydrogen-bond donors (Lipinski definition) is 1. The first-order valence-corrected chi connectivity index (χ1v) is 7.15. The van der Waals surface area contributed by atoms with Crippen molar-refractivity contribution < 1.29 is 14.6 Å². The molecule has 106 valence electrons. The standard InChI is InChI=1S/C16H24O3/c1-18-9-10-19-8-7-16(17)12-13-5-6-14-3-2-4-15(14)11-13/h5-6,11,16-17H,2-4,7-10,12H2,1H3. The fourth-order valence-electron chi connectivity index (χ4n) is 2.59. The summed E-state index contributed by atoms with van der Waals surface area (Å²) < 4.78 is 10.3. The zero-order chi connectivity index (χ0) is 13.5. The lowest BCUT2D eigenvalue weighted by Gasteiger charge is -2.12. The highest BCUT2D eigenvalue weighted by atomic mass is 16.5. The second kappa shape index (κ2) is 7.63. The molecule has 1 unspecified atom stereocenters. The van der Waals surface area contributed by atoms with Crippen molar-refractivity contribution in [2.45, 2.75) is 38.2 Å². The molecule has 0 spiro atoms. The molecule has 2 rings (SSSR count). The van der Waals surface area contributed by atoms with Crippen molar-refractivity contribution >= 4 is 0 Å². The molecule has 0 amide bonds. The van der Waals surface area contributed by atoms with Crippen molar-refractivity contribution in [3.05, 3.63) is 34.9 Å². The Bertz CT molecular complexity index is 390. The van der Waals surface area contributed by atoms with E-state index in [9.17, 15) is 5.11 Å². The molecule has 0 fully saturated rings. The van der Waals surface area contributed by atoms with E-state index in [1.807, 2.05) is 0 Å². The Kier molecular flexibility index (Phi) is 5.83. The summed E-state index contributed by atoms with van der Waals surface area (Å²) in [5.41, 5.74) is 4.20. The van der Waals surface area contributed by atoms with Crippen LogP contribution < -0.4 is 0 Å². The summed E-state index contributed by atoms with van der Waals surface area (Å²) >= 11 is 0. The number of fused-ring (bicyclic) bond motifs is 1. The smallest absolute Gasteiger partial charge is 0.0700 e. The highest BCUT2D eigenvalue weighted by Crippen LogP contribution is 2.23. The maximum Gasteiger partial charge on any atom is 0.0700 e. The van der Waals surface area contributed by atoms with E-state index >= 15 is 0 Å². The monoisotopic (exact) mass is 264 g/mol. The Morgan fingerprint density at radius 3 is 2.84 bits per heavy atom. The van der Waals surface area contributed by atoms with E-state index < -0.39 is 0 Å². The minimum absolute atomic E-state index is 0.318. The first kappa shape index (κ1) is 14.5. The first-order chi connectivity index (χ1) is 9.29. The molecule has 0 saturated carbocycles. The Morgan fingerprint density at radius 2 is 2.00 bits per heavy atom. The molecule has 1 aromatic carbocycles. The molecule has 0 saturated heterocycles. The van der Waals surface area contributed by atoms with Crippen molar-refractivity contribution in [3.63, 3.8) is 0 Å². The fraction of sp³-hybridized carbons (Fsp3) is 0.625. The van der Waals surface area contributed by atoms with Crippen LogP contribution in [0.25, 0.3) is 0 Å². The van der Waals surface area contributed by atoms with Gasteiger partial charge in [-0.05, 0) is 48.8 Å². The minimum Gasteiger partial charge on any atom is -0.393 e. The van der Waals surface area contributed by atoms with Crippen molar-refractivity contribution in [3.8, 4) is 0 Å². The number of rotatable bonds is 8. The summed E-state index contributed by atoms with van der Waals surface area (Å²) in [6.07, 6.45) is 4.77. The van der Waals surface area contributed by atoms with Gasteiger partial charge in [-0.25, -0.2) is 0 Å². The van der Waals surface area contributed by atoms with Gasteiger partial charge >= 0.3 is 0 Å². The van der Waals surface area contributed by atoms with Gasteiger partial charge in [0.1, 0.15) is 0 Å². The zero-order valence-electron chi connectivity index (χ0n) is 11.7. The van der Waals surface area contributed by atoms with Crippen molar-refractivity contribution in [1.29, 1.82) is 0 Å². The maximum atomic E-state index is 10.00. The summed E-state index contributed by atoms with van der Waals surface area (Å²) in [4.78, 5) is 0. The van der Waals surface area contributed by atoms with Gasteiger partial charge < -0.3 is 14.6 Å². The minimum atomic E-state index is -0.318. The number of aliphatic hydroxyl groups is 1. The van der Waals surface area contributed by atoms with Crippen LogP contribution in [-0.4, -0.2) is 38.1 Å². The van der Waals surface area contributed by atoms with Crippen LogP contribution in [0.15, 0.2) is 18.2 Å². The van der Waals surface area contributed by atoms with Crippen LogP contribution in [0.1, 0.15) is 29.5 Å². The van der Waals surface area contributed by atoms with Gasteiger partial charge in [0, 0.05) is 13.7 Å². The van der Waals surface area contributed by atoms with Gasteiger partial charge in [0.25, 0.3) is 0 Å². The number of methoxy groups -OCH3 is 1. The topological polar surface area (TPSA) is 38.7 Å². The Labute approximate surface area is 115 Å². The van der Waals surface area contributed by atoms with Gasteiger partial charge in [0.2, 0.25) is 0 Å². The van der Waals surface area contributed by atoms with Crippen LogP contribution in [0.3, 0.4) is 0 Å². The third-order valence-corrected chi connectivity index (χ3v) is 3.66. The average Bonchev–Trinajstić information content (AvgIpc) is 2.86. The molecule has 1 atom stereocenters. The van der Waals surface area contributed by atoms with Gasteiger partial charge in [0.15, 0.2) is 0 Å². The Hall–Kier alpha value is -0.900. The third kappa shape index (κ3) is 4.60. The molecule has 1 aromatic rings. The molecule has 0 bridgehead atoms. The van der Waals surface area contributed by atoms with Gasteiger partial charge in [-0.1, -0.05) is 18.2 Å². The van der Waals surface area contributed by atoms with E-state index in [-0.39, 0.29) is 6.10 Å². The zero-order valence-corrected chi connectivity index (χ0v) is 11.7. The predicted octanol–water partition coefficient (Wildman–Crippen LogP) is 2.13. The lowest BCUT2D eigenvalue weighted by molar-refractivity contribution is 0.0479. The largest absolute Gasteiger partial charge is 0.393 e. The summed E-state index contributed by atoms with van der Waals surface area (Å²) in [5.74, 6) is 0. The molecular formula is C16H24O3. The molecular weight excluding hydrogens is 240 g/mol. The number of hydrogen-bond acceptors (Lipinski definition) is 3. The summed E-state index contributed by atoms with van der Waals surface area (Å²) in [5, 5.41) is 10.00. The number of aryl methyl sites for hydroxylation is 2. The van der Waals surface area contributed by atoms with E-state index in [0.717, 1.165) is 6.42 Å². The van der Waals surface area contributed by atoms with Crippen molar-refractivity contribution in [2.24, 2.45) is 0 Å². The van der Waals surface area contributed by atoms with Crippen LogP contribution in [-0.2, 0) is 28.7 Å². The molecule has 1 N–H and O–H groups in total. The molecule has 3 heteroatoms. The maximum absolute atomic E-state index is 10.00. The molecule has 0 aliphatic heterocycles. The van der Waals surface area contributed by atoms with Crippen LogP contribution >= 0.6 is 0 Å². The average molecular weight is 264 g/mol. The third-order valence-electron chi connectivity index (χ3n) is 3.66. The van der Waals surface area contributed by atoms with E-state index in [1.54, 1.807) is 7.11 Å². The highest BCUT2D eigenvalue weighted by molar-refractivity contribution is 5.35. The van der Waals surface area contributed by atoms with E-state index in [2.05, 4.69) is 18.2 Å². The van der Waals surface area contributed by atoms with Gasteiger partial charge in [-0.2, -0.15) is 0 Å². The van der Waals surface area contributed by atoms with Crippen molar-refractivity contribution in [1.82, 2.24) is 0 Å². The summed E-state index contributed by atoms with van der Waals surface area (Å²) in [7, 11) is 1.66. The van der Waals surface area contributed by atoms with Crippen LogP contribution in [0.5, 0.6) is 0 Å². The van der Waals surface area contributed by atoms with Gasteiger partial charge in [0.05, 0.1) is 19.3 Å². The SMILES string of the molecule is COCCOCCC(O)Cc1ccc2c(c1)CCC2. The van der Waals surface area contributed by atoms with E-state index in [1.165, 1.54) is 36.0 Å². The number of aliphatic hydroxyl groups excluding tert-OH is 1. The van der Waals surface area contributed by atoms with Gasteiger partial charge in [-0.3, -0.25) is 0 Å². The second-order valence-electron chi connectivity index (χ2n) is 5.21. The van der Waals surface area contributed by atoms with Crippen LogP contribution in [0.2, 0.25) is 0 Å². The molecule has 0 radical (unpaired) electrons. The molecule has 1 aliphatic rings. The number of benzene rings is 1.